The first-order valence-electron chi connectivity index (χ1n) is 7.06. The molecule has 0 aromatic heterocycles. The van der Waals surface area contributed by atoms with Crippen LogP contribution in [0.3, 0.4) is 0 Å². The maximum absolute atomic E-state index is 13.1. The summed E-state index contributed by atoms with van der Waals surface area (Å²) < 4.78 is 13.1. The summed E-state index contributed by atoms with van der Waals surface area (Å²) in [5.41, 5.74) is 0.912. The Balaban J connectivity index is 1.84. The minimum atomic E-state index is -0.511. The molecule has 1 fully saturated rings. The third kappa shape index (κ3) is 3.62. The van der Waals surface area contributed by atoms with Gasteiger partial charge in [0.05, 0.1) is 11.4 Å². The molecular weight excluding hydrogens is 369 g/mol. The summed E-state index contributed by atoms with van der Waals surface area (Å²) >= 11 is 6.69. The van der Waals surface area contributed by atoms with Gasteiger partial charge in [0.1, 0.15) is 5.82 Å². The molecule has 0 bridgehead atoms. The van der Waals surface area contributed by atoms with E-state index in [4.69, 9.17) is 11.6 Å². The summed E-state index contributed by atoms with van der Waals surface area (Å²) in [4.78, 5) is 25.7. The van der Waals surface area contributed by atoms with Gasteiger partial charge in [-0.2, -0.15) is 0 Å². The molecule has 8 heteroatoms. The average molecular weight is 380 g/mol. The molecule has 1 aliphatic rings. The molecule has 5 nitrogen and oxygen atoms in total. The minimum absolute atomic E-state index is 0.0675. The zero-order valence-electron chi connectivity index (χ0n) is 12.6. The van der Waals surface area contributed by atoms with Gasteiger partial charge in [0, 0.05) is 5.02 Å². The third-order valence-electron chi connectivity index (χ3n) is 3.51. The SMILES string of the molecule is O=C1SC(=Cc2ccc(O)c(O)c2)C(=O)N1Cc1ccc(F)cc1Cl. The lowest BCUT2D eigenvalue weighted by molar-refractivity contribution is -0.123. The zero-order chi connectivity index (χ0) is 18.1. The van der Waals surface area contributed by atoms with Gasteiger partial charge in [-0.3, -0.25) is 14.5 Å². The monoisotopic (exact) mass is 379 g/mol. The highest BCUT2D eigenvalue weighted by Crippen LogP contribution is 2.35. The molecular formula is C17H11ClFNO4S. The van der Waals surface area contributed by atoms with Crippen molar-refractivity contribution < 1.29 is 24.2 Å². The molecule has 0 radical (unpaired) electrons. The van der Waals surface area contributed by atoms with Gasteiger partial charge < -0.3 is 10.2 Å². The predicted molar refractivity (Wildman–Crippen MR) is 92.7 cm³/mol. The first-order valence-corrected chi connectivity index (χ1v) is 8.26. The second-order valence-corrected chi connectivity index (χ2v) is 6.65. The van der Waals surface area contributed by atoms with Crippen LogP contribution in [0.1, 0.15) is 11.1 Å². The molecule has 0 spiro atoms. The number of amides is 2. The van der Waals surface area contributed by atoms with Crippen molar-refractivity contribution in [2.45, 2.75) is 6.54 Å². The minimum Gasteiger partial charge on any atom is -0.504 e. The van der Waals surface area contributed by atoms with E-state index in [9.17, 15) is 24.2 Å². The summed E-state index contributed by atoms with van der Waals surface area (Å²) in [6, 6.07) is 7.80. The zero-order valence-corrected chi connectivity index (χ0v) is 14.1. The van der Waals surface area contributed by atoms with Crippen LogP contribution in [0.5, 0.6) is 11.5 Å². The molecule has 0 aliphatic carbocycles. The number of phenols is 2. The fourth-order valence-corrected chi connectivity index (χ4v) is 3.30. The van der Waals surface area contributed by atoms with Crippen LogP contribution in [-0.2, 0) is 11.3 Å². The Labute approximate surface area is 151 Å². The Bertz CT molecular complexity index is 916. The number of hydrogen-bond acceptors (Lipinski definition) is 5. The van der Waals surface area contributed by atoms with Crippen LogP contribution in [0.4, 0.5) is 9.18 Å². The quantitative estimate of drug-likeness (QED) is 0.619. The van der Waals surface area contributed by atoms with Gasteiger partial charge in [-0.1, -0.05) is 23.7 Å². The lowest BCUT2D eigenvalue weighted by atomic mass is 10.1. The highest BCUT2D eigenvalue weighted by Gasteiger charge is 2.35. The van der Waals surface area contributed by atoms with E-state index in [2.05, 4.69) is 0 Å². The van der Waals surface area contributed by atoms with Crippen molar-refractivity contribution in [2.24, 2.45) is 0 Å². The number of halogens is 2. The Morgan fingerprint density at radius 2 is 1.88 bits per heavy atom. The van der Waals surface area contributed by atoms with Gasteiger partial charge in [-0.25, -0.2) is 4.39 Å². The Morgan fingerprint density at radius 1 is 1.12 bits per heavy atom. The fraction of sp³-hybridized carbons (Fsp3) is 0.0588. The molecule has 0 atom stereocenters. The smallest absolute Gasteiger partial charge is 0.293 e. The van der Waals surface area contributed by atoms with Gasteiger partial charge in [0.25, 0.3) is 11.1 Å². The summed E-state index contributed by atoms with van der Waals surface area (Å²) in [7, 11) is 0. The maximum atomic E-state index is 13.1. The number of thioether (sulfide) groups is 1. The highest BCUT2D eigenvalue weighted by atomic mass is 35.5. The van der Waals surface area contributed by atoms with Crippen molar-refractivity contribution in [3.8, 4) is 11.5 Å². The largest absolute Gasteiger partial charge is 0.504 e. The number of carbonyl (C=O) groups is 2. The number of nitrogens with zero attached hydrogens (tertiary/aromatic N) is 1. The van der Waals surface area contributed by atoms with E-state index in [1.807, 2.05) is 0 Å². The van der Waals surface area contributed by atoms with Crippen molar-refractivity contribution in [3.05, 3.63) is 63.3 Å². The Hall–Kier alpha value is -2.51. The number of aromatic hydroxyl groups is 2. The van der Waals surface area contributed by atoms with Gasteiger partial charge in [0.2, 0.25) is 0 Å². The van der Waals surface area contributed by atoms with Crippen LogP contribution in [0.25, 0.3) is 6.08 Å². The first kappa shape index (κ1) is 17.3. The van der Waals surface area contributed by atoms with Crippen molar-refractivity contribution >= 4 is 40.6 Å². The van der Waals surface area contributed by atoms with Crippen LogP contribution in [0, 0.1) is 5.82 Å². The topological polar surface area (TPSA) is 77.8 Å². The standard InChI is InChI=1S/C17H11ClFNO4S/c18-12-7-11(19)3-2-10(12)8-20-16(23)15(25-17(20)24)6-9-1-4-13(21)14(22)5-9/h1-7,21-22H,8H2. The van der Waals surface area contributed by atoms with E-state index in [1.165, 1.54) is 36.4 Å². The number of hydrogen-bond donors (Lipinski definition) is 2. The molecule has 128 valence electrons. The van der Waals surface area contributed by atoms with Crippen molar-refractivity contribution in [1.82, 2.24) is 4.90 Å². The second-order valence-electron chi connectivity index (χ2n) is 5.25. The molecule has 2 amide bonds. The molecule has 25 heavy (non-hydrogen) atoms. The van der Waals surface area contributed by atoms with E-state index in [0.29, 0.717) is 11.1 Å². The van der Waals surface area contributed by atoms with Crippen LogP contribution in [-0.4, -0.2) is 26.3 Å². The molecule has 0 unspecified atom stereocenters. The van der Waals surface area contributed by atoms with Gasteiger partial charge in [-0.15, -0.1) is 0 Å². The highest BCUT2D eigenvalue weighted by molar-refractivity contribution is 8.18. The van der Waals surface area contributed by atoms with E-state index in [1.54, 1.807) is 0 Å². The van der Waals surface area contributed by atoms with E-state index >= 15 is 0 Å². The van der Waals surface area contributed by atoms with Crippen molar-refractivity contribution in [1.29, 1.82) is 0 Å². The molecule has 1 saturated heterocycles. The van der Waals surface area contributed by atoms with Crippen LogP contribution in [0.2, 0.25) is 5.02 Å². The van der Waals surface area contributed by atoms with Crippen molar-refractivity contribution in [2.75, 3.05) is 0 Å². The number of benzene rings is 2. The maximum Gasteiger partial charge on any atom is 0.293 e. The third-order valence-corrected chi connectivity index (χ3v) is 4.77. The lowest BCUT2D eigenvalue weighted by Gasteiger charge is -2.13. The molecule has 2 aromatic rings. The Kier molecular flexibility index (Phi) is 4.69. The summed E-state index contributed by atoms with van der Waals surface area (Å²) in [6.45, 7) is -0.0675. The summed E-state index contributed by atoms with van der Waals surface area (Å²) in [5, 5.41) is 18.5. The van der Waals surface area contributed by atoms with Crippen molar-refractivity contribution in [3.63, 3.8) is 0 Å². The molecule has 1 aliphatic heterocycles. The number of imide groups is 1. The van der Waals surface area contributed by atoms with Gasteiger partial charge in [0.15, 0.2) is 11.5 Å². The number of carbonyl (C=O) groups excluding carboxylic acids is 2. The lowest BCUT2D eigenvalue weighted by Crippen LogP contribution is -2.27. The van der Waals surface area contributed by atoms with E-state index in [-0.39, 0.29) is 28.0 Å². The average Bonchev–Trinajstić information content (AvgIpc) is 2.81. The van der Waals surface area contributed by atoms with Crippen LogP contribution in [0.15, 0.2) is 41.3 Å². The van der Waals surface area contributed by atoms with Crippen LogP contribution < -0.4 is 0 Å². The number of rotatable bonds is 3. The van der Waals surface area contributed by atoms with Gasteiger partial charge in [-0.05, 0) is 53.2 Å². The summed E-state index contributed by atoms with van der Waals surface area (Å²) in [5.74, 6) is -1.62. The predicted octanol–water partition coefficient (Wildman–Crippen LogP) is 4.13. The van der Waals surface area contributed by atoms with Gasteiger partial charge >= 0.3 is 0 Å². The van der Waals surface area contributed by atoms with E-state index in [0.717, 1.165) is 22.7 Å². The first-order chi connectivity index (χ1) is 11.8. The summed E-state index contributed by atoms with van der Waals surface area (Å²) in [6.07, 6.45) is 1.44. The van der Waals surface area contributed by atoms with E-state index < -0.39 is 17.0 Å². The second kappa shape index (κ2) is 6.78. The normalized spacial score (nSPS) is 16.1. The van der Waals surface area contributed by atoms with Crippen LogP contribution >= 0.6 is 23.4 Å². The molecule has 0 saturated carbocycles. The fourth-order valence-electron chi connectivity index (χ4n) is 2.24. The molecule has 2 aromatic carbocycles. The number of phenolic OH excluding ortho intramolecular Hbond substituents is 2. The molecule has 2 N–H and O–H groups in total. The molecule has 1 heterocycles. The molecule has 3 rings (SSSR count). The Morgan fingerprint density at radius 3 is 2.56 bits per heavy atom.